The molecule has 172 valence electrons. The fourth-order valence-electron chi connectivity index (χ4n) is 3.69. The molecule has 4 rings (SSSR count). The van der Waals surface area contributed by atoms with E-state index in [9.17, 15) is 9.59 Å². The summed E-state index contributed by atoms with van der Waals surface area (Å²) in [7, 11) is 0. The van der Waals surface area contributed by atoms with Crippen LogP contribution in [0.5, 0.6) is 0 Å². The van der Waals surface area contributed by atoms with Gasteiger partial charge in [0.05, 0.1) is 11.6 Å². The second-order valence-electron chi connectivity index (χ2n) is 8.77. The normalized spacial score (nSPS) is 12.1. The van der Waals surface area contributed by atoms with Gasteiger partial charge in [0.2, 0.25) is 0 Å². The number of hydroxylamine groups is 1. The Morgan fingerprint density at radius 1 is 0.970 bits per heavy atom. The van der Waals surface area contributed by atoms with Gasteiger partial charge in [-0.1, -0.05) is 70.7 Å². The molecule has 4 aromatic rings. The maximum atomic E-state index is 13.0. The Morgan fingerprint density at radius 3 is 2.21 bits per heavy atom. The first-order valence-corrected chi connectivity index (χ1v) is 10.3. The number of benzene rings is 2. The van der Waals surface area contributed by atoms with E-state index in [1.54, 1.807) is 35.8 Å². The zero-order valence-electron chi connectivity index (χ0n) is 18.1. The third-order valence-corrected chi connectivity index (χ3v) is 5.36. The number of carbonyl (C=O) groups excluding carboxylic acids is 2. The summed E-state index contributed by atoms with van der Waals surface area (Å²) < 4.78 is 5.92. The molecule has 0 saturated carbocycles. The molecule has 33 heavy (non-hydrogen) atoms. The van der Waals surface area contributed by atoms with E-state index in [1.165, 1.54) is 0 Å². The second-order valence-corrected chi connectivity index (χ2v) is 8.77. The molecule has 2 aromatic heterocycles. The lowest BCUT2D eigenvalue weighted by atomic mass is 9.82. The van der Waals surface area contributed by atoms with Crippen LogP contribution in [-0.4, -0.2) is 22.0 Å². The molecule has 0 saturated heterocycles. The molecule has 0 spiro atoms. The van der Waals surface area contributed by atoms with Crippen LogP contribution in [0.25, 0.3) is 22.4 Å². The summed E-state index contributed by atoms with van der Waals surface area (Å²) >= 11 is 0. The van der Waals surface area contributed by atoms with Crippen LogP contribution in [0.3, 0.4) is 0 Å². The molecule has 2 aromatic carbocycles. The SMILES string of the molecule is C.CC(C)(C)C(NC(=O)c1cc2oc(-c3ccccc3)cc2[nH]1)c1ccc(C(=O)NO)cc1. The van der Waals surface area contributed by atoms with Crippen LogP contribution in [0.15, 0.2) is 71.1 Å². The quantitative estimate of drug-likeness (QED) is 0.232. The Hall–Kier alpha value is -3.84. The molecule has 0 fully saturated rings. The van der Waals surface area contributed by atoms with Gasteiger partial charge in [-0.2, -0.15) is 0 Å². The molecule has 7 heteroatoms. The molecule has 1 unspecified atom stereocenters. The van der Waals surface area contributed by atoms with E-state index in [0.717, 1.165) is 22.4 Å². The number of fused-ring (bicyclic) bond motifs is 1. The number of amides is 2. The Labute approximate surface area is 192 Å². The predicted molar refractivity (Wildman–Crippen MR) is 128 cm³/mol. The lowest BCUT2D eigenvalue weighted by Gasteiger charge is -2.32. The van der Waals surface area contributed by atoms with Crippen LogP contribution in [0.2, 0.25) is 0 Å². The standard InChI is InChI=1S/C25H25N3O4.CH4/c1-25(2,3)22(16-9-11-17(12-10-16)23(29)28-31)27-24(30)19-14-21-18(26-19)13-20(32-21)15-7-5-4-6-8-15;/h4-14,22,26,31H,1-3H3,(H,27,30)(H,28,29);1H4. The summed E-state index contributed by atoms with van der Waals surface area (Å²) in [5.41, 5.74) is 5.24. The van der Waals surface area contributed by atoms with Gasteiger partial charge in [0.1, 0.15) is 11.5 Å². The van der Waals surface area contributed by atoms with Crippen LogP contribution >= 0.6 is 0 Å². The molecule has 0 aliphatic carbocycles. The monoisotopic (exact) mass is 447 g/mol. The number of hydrogen-bond acceptors (Lipinski definition) is 4. The minimum absolute atomic E-state index is 0. The van der Waals surface area contributed by atoms with Crippen molar-refractivity contribution in [1.82, 2.24) is 15.8 Å². The number of furan rings is 1. The minimum atomic E-state index is -0.586. The van der Waals surface area contributed by atoms with Gasteiger partial charge in [-0.15, -0.1) is 0 Å². The summed E-state index contributed by atoms with van der Waals surface area (Å²) in [6, 6.07) is 19.8. The topological polar surface area (TPSA) is 107 Å². The highest BCUT2D eigenvalue weighted by Gasteiger charge is 2.29. The van der Waals surface area contributed by atoms with Crippen LogP contribution in [0.4, 0.5) is 0 Å². The largest absolute Gasteiger partial charge is 0.454 e. The van der Waals surface area contributed by atoms with Gasteiger partial charge < -0.3 is 14.7 Å². The third-order valence-electron chi connectivity index (χ3n) is 5.36. The van der Waals surface area contributed by atoms with Crippen molar-refractivity contribution in [2.75, 3.05) is 0 Å². The van der Waals surface area contributed by atoms with E-state index < -0.39 is 5.91 Å². The van der Waals surface area contributed by atoms with E-state index in [-0.39, 0.29) is 24.8 Å². The van der Waals surface area contributed by atoms with Gasteiger partial charge >= 0.3 is 0 Å². The number of nitrogens with one attached hydrogen (secondary N) is 3. The van der Waals surface area contributed by atoms with Crippen molar-refractivity contribution >= 4 is 22.9 Å². The Morgan fingerprint density at radius 2 is 1.64 bits per heavy atom. The van der Waals surface area contributed by atoms with Crippen molar-refractivity contribution in [3.8, 4) is 11.3 Å². The van der Waals surface area contributed by atoms with Crippen molar-refractivity contribution < 1.29 is 19.2 Å². The number of H-pyrrole nitrogens is 1. The number of hydrogen-bond donors (Lipinski definition) is 4. The molecule has 1 atom stereocenters. The van der Waals surface area contributed by atoms with E-state index in [0.29, 0.717) is 16.8 Å². The second kappa shape index (κ2) is 9.34. The molecule has 4 N–H and O–H groups in total. The molecular formula is C26H29N3O4. The van der Waals surface area contributed by atoms with Gasteiger partial charge in [0, 0.05) is 23.3 Å². The Bertz CT molecular complexity index is 1220. The minimum Gasteiger partial charge on any atom is -0.454 e. The first kappa shape index (κ1) is 23.8. The molecule has 2 amide bonds. The van der Waals surface area contributed by atoms with Gasteiger partial charge in [0.25, 0.3) is 11.8 Å². The van der Waals surface area contributed by atoms with Crippen molar-refractivity contribution in [2.24, 2.45) is 5.41 Å². The van der Waals surface area contributed by atoms with Crippen LogP contribution in [-0.2, 0) is 0 Å². The van der Waals surface area contributed by atoms with Crippen LogP contribution in [0, 0.1) is 5.41 Å². The van der Waals surface area contributed by atoms with Gasteiger partial charge in [-0.05, 0) is 23.1 Å². The summed E-state index contributed by atoms with van der Waals surface area (Å²) in [5.74, 6) is -0.107. The Balaban J connectivity index is 0.00000306. The smallest absolute Gasteiger partial charge is 0.274 e. The van der Waals surface area contributed by atoms with E-state index in [4.69, 9.17) is 9.62 Å². The summed E-state index contributed by atoms with van der Waals surface area (Å²) in [4.78, 5) is 27.8. The first-order valence-electron chi connectivity index (χ1n) is 10.3. The van der Waals surface area contributed by atoms with Crippen LogP contribution in [0.1, 0.15) is 60.6 Å². The van der Waals surface area contributed by atoms with Crippen molar-refractivity contribution in [1.29, 1.82) is 0 Å². The zero-order valence-corrected chi connectivity index (χ0v) is 18.1. The van der Waals surface area contributed by atoms with Crippen LogP contribution < -0.4 is 10.8 Å². The maximum Gasteiger partial charge on any atom is 0.274 e. The van der Waals surface area contributed by atoms with Gasteiger partial charge in [0.15, 0.2) is 5.58 Å². The van der Waals surface area contributed by atoms with Gasteiger partial charge in [-0.25, -0.2) is 5.48 Å². The number of rotatable bonds is 5. The fourth-order valence-corrected chi connectivity index (χ4v) is 3.69. The highest BCUT2D eigenvalue weighted by Crippen LogP contribution is 2.34. The highest BCUT2D eigenvalue weighted by atomic mass is 16.5. The predicted octanol–water partition coefficient (Wildman–Crippen LogP) is 5.70. The van der Waals surface area contributed by atoms with E-state index in [1.807, 2.05) is 57.2 Å². The maximum absolute atomic E-state index is 13.0. The third kappa shape index (κ3) is 4.99. The average Bonchev–Trinajstić information content (AvgIpc) is 3.36. The number of aromatic amines is 1. The lowest BCUT2D eigenvalue weighted by molar-refractivity contribution is 0.0706. The van der Waals surface area contributed by atoms with Crippen molar-refractivity contribution in [3.63, 3.8) is 0 Å². The summed E-state index contributed by atoms with van der Waals surface area (Å²) in [5, 5.41) is 11.9. The van der Waals surface area contributed by atoms with E-state index in [2.05, 4.69) is 10.3 Å². The first-order chi connectivity index (χ1) is 15.3. The molecule has 0 bridgehead atoms. The molecule has 7 nitrogen and oxygen atoms in total. The zero-order chi connectivity index (χ0) is 22.9. The van der Waals surface area contributed by atoms with E-state index >= 15 is 0 Å². The summed E-state index contributed by atoms with van der Waals surface area (Å²) in [6.07, 6.45) is 0. The number of carbonyl (C=O) groups is 2. The summed E-state index contributed by atoms with van der Waals surface area (Å²) in [6.45, 7) is 6.08. The van der Waals surface area contributed by atoms with Gasteiger partial charge in [-0.3, -0.25) is 14.8 Å². The molecule has 2 heterocycles. The fraction of sp³-hybridized carbons (Fsp3) is 0.231. The number of aromatic nitrogens is 1. The van der Waals surface area contributed by atoms with Crippen molar-refractivity contribution in [3.05, 3.63) is 83.6 Å². The lowest BCUT2D eigenvalue weighted by Crippen LogP contribution is -2.36. The average molecular weight is 448 g/mol. The Kier molecular flexibility index (Phi) is 6.74. The highest BCUT2D eigenvalue weighted by molar-refractivity contribution is 5.98. The molecule has 0 aliphatic heterocycles. The molecular weight excluding hydrogens is 418 g/mol. The molecule has 0 aliphatic rings. The molecule has 0 radical (unpaired) electrons. The van der Waals surface area contributed by atoms with Crippen molar-refractivity contribution in [2.45, 2.75) is 34.2 Å².